The summed E-state index contributed by atoms with van der Waals surface area (Å²) in [4.78, 5) is 122. The molecular weight excluding hydrogens is 1250 g/mol. The zero-order chi connectivity index (χ0) is 69.2. The highest BCUT2D eigenvalue weighted by Crippen LogP contribution is 2.46. The van der Waals surface area contributed by atoms with E-state index in [0.717, 1.165) is 44.5 Å². The zero-order valence-corrected chi connectivity index (χ0v) is 55.4. The number of cyclic esters (lactones) is 8. The highest BCUT2D eigenvalue weighted by molar-refractivity contribution is 6.35. The van der Waals surface area contributed by atoms with Crippen molar-refractivity contribution in [3.63, 3.8) is 0 Å². The van der Waals surface area contributed by atoms with Crippen LogP contribution >= 0.6 is 0 Å². The standard InChI is InChI=1S/C88H56O12/c1-41-17-9-25-53-61-33-49-34-62(54-26-10-18-42(2)70(54)77(49)69(41)53)82(90)98-84(92)64-37-51-38-66(58-30-14-22-46(6)74(58)79(51)72-44(4)20-12-28-56(64)72)86(94)100-88(96)68-40-52-39-67(59-31-15-23-47(7)75(59)80(52)76-48(8)24-16-32-60(68)76)87(95)99-85(93)65-36-50-35-63(83(91)97-81(61)89)55-27-11-19-43(3)71(55)78(50)73-45(5)21-13-29-57(65)73/h9-40H,1-8H3. The maximum atomic E-state index is 15.2. The van der Waals surface area contributed by atoms with Crippen LogP contribution < -0.4 is 0 Å². The van der Waals surface area contributed by atoms with Gasteiger partial charge in [-0.15, -0.1) is 0 Å². The molecule has 0 radical (unpaired) electrons. The molecule has 1 aliphatic rings. The number of hydrogen-bond donors (Lipinski definition) is 0. The number of fused-ring (bicyclic) bond motifs is 32. The van der Waals surface area contributed by atoms with Crippen LogP contribution in [0.25, 0.3) is 129 Å². The second kappa shape index (κ2) is 22.4. The summed E-state index contributed by atoms with van der Waals surface area (Å²) in [7, 11) is 0. The minimum absolute atomic E-state index is 0.0121. The summed E-state index contributed by atoms with van der Waals surface area (Å²) in [5.41, 5.74) is 6.35. The van der Waals surface area contributed by atoms with E-state index in [-0.39, 0.29) is 44.5 Å². The Hall–Kier alpha value is -12.8. The van der Waals surface area contributed by atoms with Crippen molar-refractivity contribution in [2.75, 3.05) is 0 Å². The third kappa shape index (κ3) is 8.99. The number of carbonyl (C=O) groups is 8. The minimum atomic E-state index is -0.990. The quantitative estimate of drug-likeness (QED) is 0.0609. The van der Waals surface area contributed by atoms with Crippen molar-refractivity contribution in [2.45, 2.75) is 55.4 Å². The van der Waals surface area contributed by atoms with Crippen molar-refractivity contribution < 1.29 is 57.3 Å². The molecule has 0 N–H and O–H groups in total. The monoisotopic (exact) mass is 1300 g/mol. The van der Waals surface area contributed by atoms with Gasteiger partial charge in [0.25, 0.3) is 0 Å². The predicted octanol–water partition coefficient (Wildman–Crippen LogP) is 20.3. The fourth-order valence-electron chi connectivity index (χ4n) is 16.2. The Kier molecular flexibility index (Phi) is 13.6. The van der Waals surface area contributed by atoms with E-state index in [4.69, 9.17) is 18.9 Å². The highest BCUT2D eigenvalue weighted by atomic mass is 16.6. The first-order valence-electron chi connectivity index (χ1n) is 32.8. The Bertz CT molecular complexity index is 5490. The zero-order valence-electron chi connectivity index (χ0n) is 55.4. The lowest BCUT2D eigenvalue weighted by Gasteiger charge is -2.19. The van der Waals surface area contributed by atoms with E-state index in [9.17, 15) is 0 Å². The van der Waals surface area contributed by atoms with E-state index >= 15 is 38.4 Å². The number of rotatable bonds is 0. The largest absolute Gasteiger partial charge is 0.386 e. The molecule has 17 rings (SSSR count). The summed E-state index contributed by atoms with van der Waals surface area (Å²) >= 11 is 0. The lowest BCUT2D eigenvalue weighted by atomic mass is 9.87. The van der Waals surface area contributed by atoms with Gasteiger partial charge < -0.3 is 18.9 Å². The van der Waals surface area contributed by atoms with Gasteiger partial charge >= 0.3 is 47.8 Å². The van der Waals surface area contributed by atoms with Gasteiger partial charge in [-0.2, -0.15) is 0 Å². The van der Waals surface area contributed by atoms with Gasteiger partial charge in [-0.3, -0.25) is 0 Å². The maximum Gasteiger partial charge on any atom is 0.346 e. The second-order valence-electron chi connectivity index (χ2n) is 26.5. The van der Waals surface area contributed by atoms with Crippen LogP contribution in [0, 0.1) is 55.4 Å². The summed E-state index contributed by atoms with van der Waals surface area (Å²) in [6.45, 7) is 15.3. The van der Waals surface area contributed by atoms with Crippen molar-refractivity contribution in [3.05, 3.63) is 283 Å². The fraction of sp³-hybridized carbons (Fsp3) is 0.0909. The molecule has 16 aromatic rings. The second-order valence-corrected chi connectivity index (χ2v) is 26.5. The van der Waals surface area contributed by atoms with Crippen LogP contribution in [0.15, 0.2) is 194 Å². The SMILES string of the molecule is Cc1cccc2c3cc4cc(c5cccc(C)c5c4c12)C(=O)OC(=O)c1cc2cc(c4cccc(C)c4c2c2c(C)cccc12)C(=O)OC(=O)c1cc2cc(c4cccc(C)c4c2c2c(C)cccc12)C(=O)OC(=O)c1cc2cc(c4cccc(C)c4c2c2c(C)cccc12)C(=O)OC3=O. The summed E-state index contributed by atoms with van der Waals surface area (Å²) < 4.78 is 24.2. The van der Waals surface area contributed by atoms with Gasteiger partial charge in [0.15, 0.2) is 0 Å². The number of carbonyl (C=O) groups excluding carboxylic acids is 8. The summed E-state index contributed by atoms with van der Waals surface area (Å²) in [5.74, 6) is -7.92. The van der Waals surface area contributed by atoms with E-state index in [1.165, 1.54) is 0 Å². The number of ether oxygens (including phenoxy) is 4. The first-order valence-corrected chi connectivity index (χ1v) is 32.8. The molecule has 480 valence electrons. The fourth-order valence-corrected chi connectivity index (χ4v) is 16.2. The molecule has 100 heavy (non-hydrogen) atoms. The molecule has 0 saturated heterocycles. The molecule has 0 atom stereocenters. The first-order chi connectivity index (χ1) is 48.2. The van der Waals surface area contributed by atoms with E-state index < -0.39 is 47.8 Å². The van der Waals surface area contributed by atoms with Crippen LogP contribution in [0.1, 0.15) is 127 Å². The average molecular weight is 1310 g/mol. The normalized spacial score (nSPS) is 13.7. The smallest absolute Gasteiger partial charge is 0.346 e. The van der Waals surface area contributed by atoms with E-state index in [1.54, 1.807) is 97.1 Å². The molecule has 0 saturated carbocycles. The lowest BCUT2D eigenvalue weighted by Crippen LogP contribution is -2.16. The number of hydrogen-bond acceptors (Lipinski definition) is 12. The van der Waals surface area contributed by atoms with Crippen molar-refractivity contribution in [1.29, 1.82) is 0 Å². The van der Waals surface area contributed by atoms with E-state index in [1.807, 2.05) is 152 Å². The Labute approximate surface area is 569 Å². The summed E-state index contributed by atoms with van der Waals surface area (Å²) in [5, 5.41) is 13.5. The van der Waals surface area contributed by atoms with Gasteiger partial charge in [0.1, 0.15) is 0 Å². The predicted molar refractivity (Wildman–Crippen MR) is 393 cm³/mol. The molecule has 0 fully saturated rings. The Morgan fingerprint density at radius 1 is 0.170 bits per heavy atom. The van der Waals surface area contributed by atoms with E-state index in [2.05, 4.69) is 0 Å². The third-order valence-electron chi connectivity index (χ3n) is 20.6. The Morgan fingerprint density at radius 3 is 0.410 bits per heavy atom. The summed E-state index contributed by atoms with van der Waals surface area (Å²) in [6, 6.07) is 56.7. The molecule has 0 spiro atoms. The molecule has 0 unspecified atom stereocenters. The lowest BCUT2D eigenvalue weighted by molar-refractivity contribution is 0.0383. The van der Waals surface area contributed by atoms with Gasteiger partial charge in [0.05, 0.1) is 44.5 Å². The Morgan fingerprint density at radius 2 is 0.290 bits per heavy atom. The van der Waals surface area contributed by atoms with Crippen molar-refractivity contribution >= 4 is 177 Å². The van der Waals surface area contributed by atoms with Gasteiger partial charge in [0, 0.05) is 0 Å². The molecule has 12 nitrogen and oxygen atoms in total. The molecule has 0 aromatic heterocycles. The van der Waals surface area contributed by atoms with Crippen LogP contribution in [0.5, 0.6) is 0 Å². The maximum absolute atomic E-state index is 15.2. The molecular formula is C88H56O12. The molecule has 1 heterocycles. The molecule has 1 aliphatic heterocycles. The molecule has 0 aliphatic carbocycles. The van der Waals surface area contributed by atoms with Crippen molar-refractivity contribution in [2.24, 2.45) is 0 Å². The average Bonchev–Trinajstić information content (AvgIpc) is 0.741. The molecule has 0 amide bonds. The van der Waals surface area contributed by atoms with Crippen molar-refractivity contribution in [3.8, 4) is 0 Å². The van der Waals surface area contributed by atoms with Gasteiger partial charge in [-0.25, -0.2) is 38.4 Å². The molecule has 12 bridgehead atoms. The third-order valence-corrected chi connectivity index (χ3v) is 20.6. The first kappa shape index (κ1) is 60.8. The molecule has 12 heteroatoms. The molecule has 16 aromatic carbocycles. The van der Waals surface area contributed by atoms with Gasteiger partial charge in [-0.1, -0.05) is 146 Å². The van der Waals surface area contributed by atoms with Crippen molar-refractivity contribution in [1.82, 2.24) is 0 Å². The van der Waals surface area contributed by atoms with Crippen LogP contribution in [-0.2, 0) is 18.9 Å². The number of benzene rings is 16. The summed E-state index contributed by atoms with van der Waals surface area (Å²) in [6.07, 6.45) is 0. The topological polar surface area (TPSA) is 173 Å². The van der Waals surface area contributed by atoms with Crippen LogP contribution in [0.3, 0.4) is 0 Å². The minimum Gasteiger partial charge on any atom is -0.386 e. The van der Waals surface area contributed by atoms with Crippen LogP contribution in [0.4, 0.5) is 0 Å². The van der Waals surface area contributed by atoms with Crippen LogP contribution in [0.2, 0.25) is 0 Å². The van der Waals surface area contributed by atoms with Gasteiger partial charge in [0.2, 0.25) is 0 Å². The van der Waals surface area contributed by atoms with Crippen LogP contribution in [-0.4, -0.2) is 47.8 Å². The number of aryl methyl sites for hydroxylation is 8. The highest BCUT2D eigenvalue weighted by Gasteiger charge is 2.32. The Balaban J connectivity index is 0.917. The van der Waals surface area contributed by atoms with Gasteiger partial charge in [-0.05, 0) is 278 Å². The number of esters is 8. The van der Waals surface area contributed by atoms with E-state index in [0.29, 0.717) is 129 Å².